The predicted octanol–water partition coefficient (Wildman–Crippen LogP) is 2.67. The number of carbonyl (C=O) groups excluding carboxylic acids is 1. The average molecular weight is 273 g/mol. The minimum absolute atomic E-state index is 0.0240. The van der Waals surface area contributed by atoms with E-state index in [1.54, 1.807) is 24.3 Å². The number of amides is 1. The maximum atomic E-state index is 12.2. The van der Waals surface area contributed by atoms with Crippen LogP contribution in [0.1, 0.15) is 15.9 Å². The molecule has 0 heterocycles. The summed E-state index contributed by atoms with van der Waals surface area (Å²) in [4.78, 5) is 12.2. The smallest absolute Gasteiger partial charge is 0.263 e. The van der Waals surface area contributed by atoms with Crippen LogP contribution in [-0.4, -0.2) is 23.2 Å². The molecule has 3 N–H and O–H groups in total. The van der Waals surface area contributed by atoms with Gasteiger partial charge in [0.2, 0.25) is 0 Å². The van der Waals surface area contributed by atoms with Crippen molar-refractivity contribution in [3.8, 4) is 17.2 Å². The molecule has 5 heteroatoms. The third-order valence-electron chi connectivity index (χ3n) is 2.85. The molecule has 0 aromatic heterocycles. The number of anilines is 1. The number of phenols is 2. The SMILES string of the molecule is COc1cccc(O)c1C(=O)Nc1cc(C)ccc1O. The standard InChI is InChI=1S/C15H15NO4/c1-9-6-7-11(17)10(8-9)16-15(19)14-12(18)4-3-5-13(14)20-2/h3-8,17-18H,1-2H3,(H,16,19). The number of hydrogen-bond acceptors (Lipinski definition) is 4. The molecule has 0 spiro atoms. The molecular formula is C15H15NO4. The second-order valence-corrected chi connectivity index (χ2v) is 4.33. The van der Waals surface area contributed by atoms with Crippen LogP contribution in [0.15, 0.2) is 36.4 Å². The summed E-state index contributed by atoms with van der Waals surface area (Å²) in [6, 6.07) is 9.41. The van der Waals surface area contributed by atoms with Gasteiger partial charge in [-0.05, 0) is 36.8 Å². The number of rotatable bonds is 3. The van der Waals surface area contributed by atoms with Crippen molar-refractivity contribution < 1.29 is 19.7 Å². The van der Waals surface area contributed by atoms with E-state index in [9.17, 15) is 15.0 Å². The first-order valence-electron chi connectivity index (χ1n) is 6.00. The van der Waals surface area contributed by atoms with Crippen molar-refractivity contribution in [2.45, 2.75) is 6.92 Å². The lowest BCUT2D eigenvalue weighted by Gasteiger charge is -2.12. The Balaban J connectivity index is 2.36. The Bertz CT molecular complexity index is 652. The molecule has 104 valence electrons. The zero-order valence-corrected chi connectivity index (χ0v) is 11.2. The van der Waals surface area contributed by atoms with E-state index < -0.39 is 5.91 Å². The Kier molecular flexibility index (Phi) is 3.79. The Hall–Kier alpha value is -2.69. The van der Waals surface area contributed by atoms with Crippen LogP contribution < -0.4 is 10.1 Å². The van der Waals surface area contributed by atoms with Gasteiger partial charge in [-0.1, -0.05) is 12.1 Å². The summed E-state index contributed by atoms with van der Waals surface area (Å²) in [5.41, 5.74) is 1.19. The molecule has 0 atom stereocenters. The van der Waals surface area contributed by atoms with E-state index in [1.165, 1.54) is 19.2 Å². The van der Waals surface area contributed by atoms with Gasteiger partial charge in [0.1, 0.15) is 22.8 Å². The van der Waals surface area contributed by atoms with Gasteiger partial charge in [-0.15, -0.1) is 0 Å². The fourth-order valence-corrected chi connectivity index (χ4v) is 1.85. The highest BCUT2D eigenvalue weighted by atomic mass is 16.5. The fourth-order valence-electron chi connectivity index (χ4n) is 1.85. The molecule has 0 bridgehead atoms. The van der Waals surface area contributed by atoms with Gasteiger partial charge in [0.15, 0.2) is 0 Å². The van der Waals surface area contributed by atoms with Crippen molar-refractivity contribution in [1.29, 1.82) is 0 Å². The fraction of sp³-hybridized carbons (Fsp3) is 0.133. The Morgan fingerprint density at radius 2 is 1.90 bits per heavy atom. The molecule has 0 aliphatic carbocycles. The van der Waals surface area contributed by atoms with Crippen molar-refractivity contribution in [2.24, 2.45) is 0 Å². The summed E-state index contributed by atoms with van der Waals surface area (Å²) in [6.07, 6.45) is 0. The van der Waals surface area contributed by atoms with Crippen LogP contribution >= 0.6 is 0 Å². The van der Waals surface area contributed by atoms with Crippen LogP contribution in [0.4, 0.5) is 5.69 Å². The summed E-state index contributed by atoms with van der Waals surface area (Å²) in [5, 5.41) is 22.1. The van der Waals surface area contributed by atoms with E-state index in [0.29, 0.717) is 0 Å². The van der Waals surface area contributed by atoms with Gasteiger partial charge in [0, 0.05) is 0 Å². The van der Waals surface area contributed by atoms with Gasteiger partial charge >= 0.3 is 0 Å². The largest absolute Gasteiger partial charge is 0.507 e. The summed E-state index contributed by atoms with van der Waals surface area (Å²) in [5.74, 6) is -0.525. The van der Waals surface area contributed by atoms with Crippen LogP contribution in [0.3, 0.4) is 0 Å². The monoisotopic (exact) mass is 273 g/mol. The van der Waals surface area contributed by atoms with Gasteiger partial charge in [-0.2, -0.15) is 0 Å². The first-order chi connectivity index (χ1) is 9.52. The molecule has 0 fully saturated rings. The van der Waals surface area contributed by atoms with E-state index >= 15 is 0 Å². The highest BCUT2D eigenvalue weighted by molar-refractivity contribution is 6.08. The Labute approximate surface area is 116 Å². The summed E-state index contributed by atoms with van der Waals surface area (Å²) >= 11 is 0. The van der Waals surface area contributed by atoms with E-state index in [2.05, 4.69) is 5.32 Å². The Morgan fingerprint density at radius 3 is 2.60 bits per heavy atom. The molecule has 0 aliphatic heterocycles. The molecule has 0 saturated heterocycles. The quantitative estimate of drug-likeness (QED) is 0.751. The zero-order valence-electron chi connectivity index (χ0n) is 11.2. The minimum atomic E-state index is -0.555. The maximum Gasteiger partial charge on any atom is 0.263 e. The van der Waals surface area contributed by atoms with Crippen LogP contribution in [0.5, 0.6) is 17.2 Å². The van der Waals surface area contributed by atoms with E-state index in [1.807, 2.05) is 6.92 Å². The van der Waals surface area contributed by atoms with Crippen molar-refractivity contribution >= 4 is 11.6 Å². The lowest BCUT2D eigenvalue weighted by Crippen LogP contribution is -2.13. The molecule has 2 aromatic rings. The normalized spacial score (nSPS) is 10.1. The number of methoxy groups -OCH3 is 1. The van der Waals surface area contributed by atoms with Crippen LogP contribution in [0.2, 0.25) is 0 Å². The Morgan fingerprint density at radius 1 is 1.15 bits per heavy atom. The maximum absolute atomic E-state index is 12.2. The topological polar surface area (TPSA) is 78.8 Å². The second kappa shape index (κ2) is 5.52. The lowest BCUT2D eigenvalue weighted by molar-refractivity contribution is 0.102. The van der Waals surface area contributed by atoms with Gasteiger partial charge in [0.05, 0.1) is 12.8 Å². The molecule has 5 nitrogen and oxygen atoms in total. The molecule has 0 aliphatic rings. The van der Waals surface area contributed by atoms with Gasteiger partial charge in [-0.25, -0.2) is 0 Å². The summed E-state index contributed by atoms with van der Waals surface area (Å²) in [7, 11) is 1.41. The number of phenolic OH excluding ortho intramolecular Hbond substituents is 2. The first-order valence-corrected chi connectivity index (χ1v) is 6.00. The number of nitrogens with one attached hydrogen (secondary N) is 1. The van der Waals surface area contributed by atoms with Gasteiger partial charge in [0.25, 0.3) is 5.91 Å². The molecule has 2 rings (SSSR count). The second-order valence-electron chi connectivity index (χ2n) is 4.33. The van der Waals surface area contributed by atoms with Crippen molar-refractivity contribution in [1.82, 2.24) is 0 Å². The van der Waals surface area contributed by atoms with E-state index in [-0.39, 0.29) is 28.5 Å². The first kappa shape index (κ1) is 13.7. The number of carbonyl (C=O) groups is 1. The zero-order chi connectivity index (χ0) is 14.7. The number of hydrogen-bond donors (Lipinski definition) is 3. The third kappa shape index (κ3) is 2.66. The third-order valence-corrected chi connectivity index (χ3v) is 2.85. The predicted molar refractivity (Wildman–Crippen MR) is 75.5 cm³/mol. The molecule has 0 unspecified atom stereocenters. The number of ether oxygens (including phenoxy) is 1. The van der Waals surface area contributed by atoms with Crippen LogP contribution in [0.25, 0.3) is 0 Å². The minimum Gasteiger partial charge on any atom is -0.507 e. The van der Waals surface area contributed by atoms with E-state index in [4.69, 9.17) is 4.74 Å². The number of aryl methyl sites for hydroxylation is 1. The molecule has 0 radical (unpaired) electrons. The van der Waals surface area contributed by atoms with E-state index in [0.717, 1.165) is 5.56 Å². The molecule has 2 aromatic carbocycles. The van der Waals surface area contributed by atoms with Gasteiger partial charge in [-0.3, -0.25) is 4.79 Å². The van der Waals surface area contributed by atoms with Gasteiger partial charge < -0.3 is 20.3 Å². The molecular weight excluding hydrogens is 258 g/mol. The molecule has 20 heavy (non-hydrogen) atoms. The summed E-state index contributed by atoms with van der Waals surface area (Å²) < 4.78 is 5.06. The molecule has 0 saturated carbocycles. The van der Waals surface area contributed by atoms with Crippen LogP contribution in [-0.2, 0) is 0 Å². The highest BCUT2D eigenvalue weighted by Crippen LogP contribution is 2.30. The van der Waals surface area contributed by atoms with Crippen LogP contribution in [0, 0.1) is 6.92 Å². The summed E-state index contributed by atoms with van der Waals surface area (Å²) in [6.45, 7) is 1.84. The number of aromatic hydroxyl groups is 2. The molecule has 1 amide bonds. The highest BCUT2D eigenvalue weighted by Gasteiger charge is 2.18. The lowest BCUT2D eigenvalue weighted by atomic mass is 10.1. The van der Waals surface area contributed by atoms with Crippen molar-refractivity contribution in [3.05, 3.63) is 47.5 Å². The average Bonchev–Trinajstić information content (AvgIpc) is 2.42. The number of benzene rings is 2. The van der Waals surface area contributed by atoms with Crippen molar-refractivity contribution in [2.75, 3.05) is 12.4 Å². The van der Waals surface area contributed by atoms with Crippen molar-refractivity contribution in [3.63, 3.8) is 0 Å².